The number of hydrogen-bond acceptors (Lipinski definition) is 6. The monoisotopic (exact) mass is 505 g/mol. The van der Waals surface area contributed by atoms with Crippen LogP contribution in [0, 0.1) is 0 Å². The first kappa shape index (κ1) is 25.3. The number of aliphatic hydroxyl groups excluding tert-OH is 1. The van der Waals surface area contributed by atoms with Gasteiger partial charge in [-0.25, -0.2) is 0 Å². The van der Waals surface area contributed by atoms with E-state index >= 15 is 0 Å². The number of nitrogens with zero attached hydrogens (tertiary/aromatic N) is 1. The molecule has 2 aromatic rings. The van der Waals surface area contributed by atoms with Crippen molar-refractivity contribution in [2.24, 2.45) is 0 Å². The fourth-order valence-corrected chi connectivity index (χ4v) is 5.44. The normalized spacial score (nSPS) is 24.4. The van der Waals surface area contributed by atoms with E-state index in [9.17, 15) is 14.7 Å². The Morgan fingerprint density at radius 2 is 1.95 bits per heavy atom. The fourth-order valence-electron chi connectivity index (χ4n) is 5.44. The minimum Gasteiger partial charge on any atom is -0.507 e. The van der Waals surface area contributed by atoms with E-state index < -0.39 is 17.7 Å². The maximum absolute atomic E-state index is 13.3. The second kappa shape index (κ2) is 11.0. The predicted molar refractivity (Wildman–Crippen MR) is 140 cm³/mol. The van der Waals surface area contributed by atoms with Gasteiger partial charge in [0.1, 0.15) is 23.4 Å². The van der Waals surface area contributed by atoms with Gasteiger partial charge in [-0.05, 0) is 67.6 Å². The van der Waals surface area contributed by atoms with Crippen LogP contribution in [0.5, 0.6) is 11.5 Å². The maximum atomic E-state index is 13.3. The quantitative estimate of drug-likeness (QED) is 0.219. The Kier molecular flexibility index (Phi) is 7.51. The Balaban J connectivity index is 1.49. The molecule has 0 saturated carbocycles. The van der Waals surface area contributed by atoms with Crippen LogP contribution in [0.25, 0.3) is 5.76 Å². The molecular formula is C30H35NO6. The highest BCUT2D eigenvalue weighted by Crippen LogP contribution is 2.41. The summed E-state index contributed by atoms with van der Waals surface area (Å²) in [6.07, 6.45) is 5.66. The molecule has 37 heavy (non-hydrogen) atoms. The number of ketones is 1. The summed E-state index contributed by atoms with van der Waals surface area (Å²) >= 11 is 0. The van der Waals surface area contributed by atoms with Crippen molar-refractivity contribution in [3.63, 3.8) is 0 Å². The number of ether oxygens (including phenoxy) is 3. The number of rotatable bonds is 9. The van der Waals surface area contributed by atoms with E-state index in [1.807, 2.05) is 43.3 Å². The van der Waals surface area contributed by atoms with Crippen molar-refractivity contribution >= 4 is 17.4 Å². The first-order chi connectivity index (χ1) is 18.0. The molecule has 5 rings (SSSR count). The van der Waals surface area contributed by atoms with Gasteiger partial charge in [0, 0.05) is 25.1 Å². The average molecular weight is 506 g/mol. The SMILES string of the molecule is CCCCCOc1ccc([C@@H]2C(=C(O)c3ccc4c(c3)C[C@H](C)O4)C(=O)C(=O)N2C[C@H]2CCCO2)cc1. The summed E-state index contributed by atoms with van der Waals surface area (Å²) in [5.74, 6) is 0.0728. The smallest absolute Gasteiger partial charge is 0.295 e. The first-order valence-corrected chi connectivity index (χ1v) is 13.4. The summed E-state index contributed by atoms with van der Waals surface area (Å²) in [5.41, 5.74) is 2.34. The molecule has 0 aliphatic carbocycles. The Morgan fingerprint density at radius 3 is 2.68 bits per heavy atom. The molecule has 3 aliphatic heterocycles. The molecule has 7 heteroatoms. The molecule has 0 unspecified atom stereocenters. The second-order valence-electron chi connectivity index (χ2n) is 10.2. The molecule has 0 bridgehead atoms. The molecule has 2 fully saturated rings. The number of unbranched alkanes of at least 4 members (excludes halogenated alkanes) is 2. The average Bonchev–Trinajstić information content (AvgIpc) is 3.61. The number of likely N-dealkylation sites (tertiary alicyclic amines) is 1. The van der Waals surface area contributed by atoms with Gasteiger partial charge in [0.05, 0.1) is 24.3 Å². The number of fused-ring (bicyclic) bond motifs is 1. The predicted octanol–water partition coefficient (Wildman–Crippen LogP) is 5.18. The van der Waals surface area contributed by atoms with Gasteiger partial charge in [-0.2, -0.15) is 0 Å². The van der Waals surface area contributed by atoms with Gasteiger partial charge >= 0.3 is 0 Å². The second-order valence-corrected chi connectivity index (χ2v) is 10.2. The van der Waals surface area contributed by atoms with E-state index in [1.54, 1.807) is 11.0 Å². The molecule has 0 radical (unpaired) electrons. The van der Waals surface area contributed by atoms with Crippen molar-refractivity contribution in [2.75, 3.05) is 19.8 Å². The van der Waals surface area contributed by atoms with E-state index in [-0.39, 0.29) is 23.5 Å². The van der Waals surface area contributed by atoms with Crippen LogP contribution in [-0.4, -0.2) is 53.7 Å². The van der Waals surface area contributed by atoms with E-state index in [0.717, 1.165) is 61.2 Å². The highest BCUT2D eigenvalue weighted by Gasteiger charge is 2.47. The number of amides is 1. The van der Waals surface area contributed by atoms with Crippen LogP contribution in [-0.2, 0) is 20.7 Å². The lowest BCUT2D eigenvalue weighted by molar-refractivity contribution is -0.140. The van der Waals surface area contributed by atoms with Crippen molar-refractivity contribution in [1.29, 1.82) is 0 Å². The molecule has 196 valence electrons. The molecule has 3 aliphatic rings. The van der Waals surface area contributed by atoms with Crippen LogP contribution in [0.4, 0.5) is 0 Å². The van der Waals surface area contributed by atoms with Crippen LogP contribution in [0.15, 0.2) is 48.0 Å². The van der Waals surface area contributed by atoms with Gasteiger partial charge in [-0.3, -0.25) is 9.59 Å². The number of hydrogen-bond donors (Lipinski definition) is 1. The Bertz CT molecular complexity index is 1180. The summed E-state index contributed by atoms with van der Waals surface area (Å²) in [5, 5.41) is 11.4. The highest BCUT2D eigenvalue weighted by atomic mass is 16.5. The lowest BCUT2D eigenvalue weighted by Gasteiger charge is -2.27. The summed E-state index contributed by atoms with van der Waals surface area (Å²) < 4.78 is 17.4. The van der Waals surface area contributed by atoms with Crippen molar-refractivity contribution in [2.45, 2.75) is 70.6 Å². The molecule has 0 aromatic heterocycles. The zero-order chi connectivity index (χ0) is 25.9. The Hall–Kier alpha value is -3.32. The van der Waals surface area contributed by atoms with Crippen LogP contribution in [0.1, 0.15) is 68.7 Å². The zero-order valence-electron chi connectivity index (χ0n) is 21.6. The van der Waals surface area contributed by atoms with Gasteiger partial charge in [0.2, 0.25) is 0 Å². The van der Waals surface area contributed by atoms with Crippen molar-refractivity contribution in [1.82, 2.24) is 4.90 Å². The van der Waals surface area contributed by atoms with E-state index in [4.69, 9.17) is 14.2 Å². The van der Waals surface area contributed by atoms with Gasteiger partial charge in [-0.15, -0.1) is 0 Å². The summed E-state index contributed by atoms with van der Waals surface area (Å²) in [7, 11) is 0. The van der Waals surface area contributed by atoms with Gasteiger partial charge in [0.15, 0.2) is 0 Å². The van der Waals surface area contributed by atoms with Gasteiger partial charge in [-0.1, -0.05) is 31.9 Å². The molecule has 3 heterocycles. The lowest BCUT2D eigenvalue weighted by Crippen LogP contribution is -2.36. The van der Waals surface area contributed by atoms with Crippen LogP contribution >= 0.6 is 0 Å². The highest BCUT2D eigenvalue weighted by molar-refractivity contribution is 6.46. The Labute approximate surface area is 218 Å². The van der Waals surface area contributed by atoms with Crippen molar-refractivity contribution in [3.05, 3.63) is 64.7 Å². The standard InChI is InChI=1S/C30H35NO6/c1-3-4-5-14-35-23-11-8-20(9-12-23)27-26(29(33)30(34)31(27)18-24-7-6-15-36-24)28(32)21-10-13-25-22(17-21)16-19(2)37-25/h8-13,17,19,24,27,32H,3-7,14-16,18H2,1-2H3/t19-,24+,27+/m0/s1. The lowest BCUT2D eigenvalue weighted by atomic mass is 9.94. The minimum absolute atomic E-state index is 0.0621. The van der Waals surface area contributed by atoms with Crippen LogP contribution in [0.2, 0.25) is 0 Å². The van der Waals surface area contributed by atoms with Gasteiger partial charge in [0.25, 0.3) is 11.7 Å². The largest absolute Gasteiger partial charge is 0.507 e. The number of carbonyl (C=O) groups is 2. The third kappa shape index (κ3) is 5.23. The number of carbonyl (C=O) groups excluding carboxylic acids is 2. The molecule has 7 nitrogen and oxygen atoms in total. The molecule has 0 spiro atoms. The Morgan fingerprint density at radius 1 is 1.14 bits per heavy atom. The number of benzene rings is 2. The minimum atomic E-state index is -0.707. The molecule has 3 atom stereocenters. The molecular weight excluding hydrogens is 470 g/mol. The van der Waals surface area contributed by atoms with Crippen molar-refractivity contribution < 1.29 is 28.9 Å². The number of Topliss-reactive ketones (excluding diaryl/α,β-unsaturated/α-hetero) is 1. The van der Waals surface area contributed by atoms with Crippen molar-refractivity contribution in [3.8, 4) is 11.5 Å². The van der Waals surface area contributed by atoms with Crippen LogP contribution in [0.3, 0.4) is 0 Å². The van der Waals surface area contributed by atoms with E-state index in [1.165, 1.54) is 0 Å². The maximum Gasteiger partial charge on any atom is 0.295 e. The summed E-state index contributed by atoms with van der Waals surface area (Å²) in [6, 6.07) is 12.2. The fraction of sp³-hybridized carbons (Fsp3) is 0.467. The number of aliphatic hydroxyl groups is 1. The molecule has 2 saturated heterocycles. The zero-order valence-corrected chi connectivity index (χ0v) is 21.6. The summed E-state index contributed by atoms with van der Waals surface area (Å²) in [6.45, 7) is 5.74. The van der Waals surface area contributed by atoms with Gasteiger partial charge < -0.3 is 24.2 Å². The molecule has 1 amide bonds. The molecule has 2 aromatic carbocycles. The topological polar surface area (TPSA) is 85.3 Å². The van der Waals surface area contributed by atoms with E-state index in [2.05, 4.69) is 6.92 Å². The third-order valence-electron chi connectivity index (χ3n) is 7.35. The third-order valence-corrected chi connectivity index (χ3v) is 7.35. The van der Waals surface area contributed by atoms with Crippen LogP contribution < -0.4 is 9.47 Å². The van der Waals surface area contributed by atoms with E-state index in [0.29, 0.717) is 25.3 Å². The summed E-state index contributed by atoms with van der Waals surface area (Å²) in [4.78, 5) is 28.2. The first-order valence-electron chi connectivity index (χ1n) is 13.4. The molecule has 1 N–H and O–H groups in total.